The molecule has 1 aromatic heterocycles. The average molecular weight is 396 g/mol. The number of rotatable bonds is 3. The highest BCUT2D eigenvalue weighted by Gasteiger charge is 2.51. The Labute approximate surface area is 169 Å². The average Bonchev–Trinajstić information content (AvgIpc) is 3.28. The van der Waals surface area contributed by atoms with E-state index in [1.165, 1.54) is 13.3 Å². The molecule has 2 fully saturated rings. The van der Waals surface area contributed by atoms with Gasteiger partial charge >= 0.3 is 5.97 Å². The van der Waals surface area contributed by atoms with Gasteiger partial charge in [-0.25, -0.2) is 0 Å². The van der Waals surface area contributed by atoms with Crippen LogP contribution < -0.4 is 0 Å². The van der Waals surface area contributed by atoms with Gasteiger partial charge in [-0.1, -0.05) is 30.3 Å². The van der Waals surface area contributed by atoms with E-state index in [2.05, 4.69) is 5.10 Å². The molecule has 2 aliphatic rings. The minimum absolute atomic E-state index is 0.0130. The lowest BCUT2D eigenvalue weighted by Gasteiger charge is -2.40. The van der Waals surface area contributed by atoms with Crippen molar-refractivity contribution in [3.8, 4) is 0 Å². The van der Waals surface area contributed by atoms with Crippen LogP contribution in [0.2, 0.25) is 0 Å². The number of esters is 1. The Morgan fingerprint density at radius 2 is 1.93 bits per heavy atom. The fraction of sp³-hybridized carbons (Fsp3) is 0.429. The van der Waals surface area contributed by atoms with Crippen molar-refractivity contribution >= 4 is 17.8 Å². The third kappa shape index (κ3) is 3.18. The van der Waals surface area contributed by atoms with Crippen LogP contribution in [0.15, 0.2) is 36.5 Å². The summed E-state index contributed by atoms with van der Waals surface area (Å²) in [6.07, 6.45) is 2.00. The molecule has 0 bridgehead atoms. The van der Waals surface area contributed by atoms with E-state index in [4.69, 9.17) is 4.74 Å². The number of hydrogen-bond donors (Lipinski definition) is 0. The minimum Gasteiger partial charge on any atom is -0.469 e. The van der Waals surface area contributed by atoms with Gasteiger partial charge in [0.15, 0.2) is 0 Å². The van der Waals surface area contributed by atoms with Gasteiger partial charge in [0.05, 0.1) is 36.9 Å². The predicted molar refractivity (Wildman–Crippen MR) is 104 cm³/mol. The van der Waals surface area contributed by atoms with E-state index in [1.807, 2.05) is 37.3 Å². The maximum absolute atomic E-state index is 13.1. The smallest absolute Gasteiger partial charge is 0.311 e. The van der Waals surface area contributed by atoms with Gasteiger partial charge in [0, 0.05) is 19.3 Å². The number of aromatic nitrogens is 2. The van der Waals surface area contributed by atoms with E-state index in [0.29, 0.717) is 18.5 Å². The Bertz CT molecular complexity index is 955. The van der Waals surface area contributed by atoms with Crippen molar-refractivity contribution in [2.24, 2.45) is 13.0 Å². The molecule has 8 nitrogen and oxygen atoms in total. The topological polar surface area (TPSA) is 84.7 Å². The summed E-state index contributed by atoms with van der Waals surface area (Å²) < 4.78 is 6.66. The molecule has 0 spiro atoms. The Balaban J connectivity index is 1.63. The number of nitrogens with zero attached hydrogens (tertiary/aromatic N) is 4. The highest BCUT2D eigenvalue weighted by molar-refractivity contribution is 5.98. The van der Waals surface area contributed by atoms with E-state index in [9.17, 15) is 14.4 Å². The van der Waals surface area contributed by atoms with E-state index in [0.717, 1.165) is 11.3 Å². The first-order valence-electron chi connectivity index (χ1n) is 9.64. The molecule has 4 rings (SSSR count). The van der Waals surface area contributed by atoms with Crippen LogP contribution in [0, 0.1) is 12.8 Å². The van der Waals surface area contributed by atoms with E-state index >= 15 is 0 Å². The molecule has 0 saturated carbocycles. The van der Waals surface area contributed by atoms with E-state index in [-0.39, 0.29) is 36.4 Å². The fourth-order valence-electron chi connectivity index (χ4n) is 4.50. The van der Waals surface area contributed by atoms with Gasteiger partial charge in [0.1, 0.15) is 6.54 Å². The van der Waals surface area contributed by atoms with Crippen LogP contribution in [0.3, 0.4) is 0 Å². The summed E-state index contributed by atoms with van der Waals surface area (Å²) in [6, 6.07) is 8.93. The predicted octanol–water partition coefficient (Wildman–Crippen LogP) is 1.32. The molecule has 2 aliphatic heterocycles. The first-order chi connectivity index (χ1) is 13.9. The molecular weight excluding hydrogens is 372 g/mol. The monoisotopic (exact) mass is 396 g/mol. The van der Waals surface area contributed by atoms with Gasteiger partial charge in [0.2, 0.25) is 5.91 Å². The molecule has 0 unspecified atom stereocenters. The van der Waals surface area contributed by atoms with E-state index in [1.54, 1.807) is 21.5 Å². The first kappa shape index (κ1) is 19.2. The molecule has 2 amide bonds. The third-order valence-electron chi connectivity index (χ3n) is 6.04. The summed E-state index contributed by atoms with van der Waals surface area (Å²) in [4.78, 5) is 41.9. The summed E-state index contributed by atoms with van der Waals surface area (Å²) in [5.74, 6) is -1.15. The fourth-order valence-corrected chi connectivity index (χ4v) is 4.50. The van der Waals surface area contributed by atoms with Crippen LogP contribution in [0.4, 0.5) is 0 Å². The van der Waals surface area contributed by atoms with Crippen LogP contribution in [-0.2, 0) is 21.4 Å². The van der Waals surface area contributed by atoms with E-state index < -0.39 is 5.92 Å². The number of carbonyl (C=O) groups is 3. The van der Waals surface area contributed by atoms with Crippen molar-refractivity contribution < 1.29 is 19.1 Å². The van der Waals surface area contributed by atoms with Crippen LogP contribution >= 0.6 is 0 Å². The summed E-state index contributed by atoms with van der Waals surface area (Å²) in [5.41, 5.74) is 2.16. The highest BCUT2D eigenvalue weighted by atomic mass is 16.5. The van der Waals surface area contributed by atoms with Gasteiger partial charge in [-0.3, -0.25) is 19.1 Å². The molecule has 2 aromatic rings. The van der Waals surface area contributed by atoms with Crippen LogP contribution in [0.25, 0.3) is 0 Å². The van der Waals surface area contributed by atoms with Crippen molar-refractivity contribution in [1.29, 1.82) is 0 Å². The lowest BCUT2D eigenvalue weighted by Crippen LogP contribution is -2.55. The number of methoxy groups -OCH3 is 1. The molecular formula is C21H24N4O4. The zero-order chi connectivity index (χ0) is 20.7. The number of fused-ring (bicyclic) bond motifs is 1. The van der Waals surface area contributed by atoms with Crippen molar-refractivity contribution in [1.82, 2.24) is 19.6 Å². The normalized spacial score (nSPS) is 23.8. The van der Waals surface area contributed by atoms with Crippen molar-refractivity contribution in [2.75, 3.05) is 20.2 Å². The number of carbonyl (C=O) groups excluding carboxylic acids is 3. The number of benzene rings is 1. The van der Waals surface area contributed by atoms with Crippen LogP contribution in [0.5, 0.6) is 0 Å². The molecule has 2 saturated heterocycles. The van der Waals surface area contributed by atoms with Gasteiger partial charge in [0.25, 0.3) is 5.91 Å². The van der Waals surface area contributed by atoms with Crippen molar-refractivity contribution in [3.05, 3.63) is 53.3 Å². The van der Waals surface area contributed by atoms with Gasteiger partial charge in [-0.15, -0.1) is 0 Å². The summed E-state index contributed by atoms with van der Waals surface area (Å²) in [5, 5.41) is 4.13. The molecule has 1 aromatic carbocycles. The second-order valence-corrected chi connectivity index (χ2v) is 7.63. The Hall–Kier alpha value is -3.16. The SMILES string of the molecule is COC(=O)[C@H]1C[C@H]2CN(C(=O)c3cnn(C)c3C)CC(=O)N2[C@H]1c1ccccc1. The summed E-state index contributed by atoms with van der Waals surface area (Å²) >= 11 is 0. The van der Waals surface area contributed by atoms with Crippen molar-refractivity contribution in [2.45, 2.75) is 25.4 Å². The zero-order valence-electron chi connectivity index (χ0n) is 16.7. The van der Waals surface area contributed by atoms with Gasteiger partial charge in [-0.05, 0) is 18.9 Å². The molecule has 0 aliphatic carbocycles. The lowest BCUT2D eigenvalue weighted by molar-refractivity contribution is -0.147. The Morgan fingerprint density at radius 3 is 2.55 bits per heavy atom. The Kier molecular flexibility index (Phi) is 4.86. The van der Waals surface area contributed by atoms with Crippen LogP contribution in [0.1, 0.15) is 34.1 Å². The highest BCUT2D eigenvalue weighted by Crippen LogP contribution is 2.43. The molecule has 3 atom stereocenters. The number of hydrogen-bond acceptors (Lipinski definition) is 5. The molecule has 0 N–H and O–H groups in total. The maximum Gasteiger partial charge on any atom is 0.311 e. The summed E-state index contributed by atoms with van der Waals surface area (Å²) in [6.45, 7) is 2.20. The minimum atomic E-state index is -0.452. The van der Waals surface area contributed by atoms with Crippen molar-refractivity contribution in [3.63, 3.8) is 0 Å². The molecule has 29 heavy (non-hydrogen) atoms. The largest absolute Gasteiger partial charge is 0.469 e. The summed E-state index contributed by atoms with van der Waals surface area (Å²) in [7, 11) is 3.14. The lowest BCUT2D eigenvalue weighted by atomic mass is 9.93. The number of aryl methyl sites for hydroxylation is 1. The maximum atomic E-state index is 13.1. The molecule has 3 heterocycles. The first-order valence-corrected chi connectivity index (χ1v) is 9.64. The number of amides is 2. The molecule has 152 valence electrons. The quantitative estimate of drug-likeness (QED) is 0.731. The third-order valence-corrected chi connectivity index (χ3v) is 6.04. The van der Waals surface area contributed by atoms with Crippen LogP contribution in [-0.4, -0.2) is 63.6 Å². The second-order valence-electron chi connectivity index (χ2n) is 7.63. The zero-order valence-corrected chi connectivity index (χ0v) is 16.7. The number of ether oxygens (including phenoxy) is 1. The second kappa shape index (κ2) is 7.35. The van der Waals surface area contributed by atoms with Gasteiger partial charge in [-0.2, -0.15) is 5.10 Å². The molecule has 0 radical (unpaired) electrons. The number of piperazine rings is 1. The molecule has 8 heteroatoms. The van der Waals surface area contributed by atoms with Gasteiger partial charge < -0.3 is 14.5 Å². The Morgan fingerprint density at radius 1 is 1.21 bits per heavy atom. The standard InChI is InChI=1S/C21H24N4O4/c1-13-17(10-22-23(13)2)20(27)24-11-15-9-16(21(28)29-3)19(25(15)18(26)12-24)14-7-5-4-6-8-14/h4-8,10,15-16,19H,9,11-12H2,1-3H3/t15-,16-,19-/m0/s1.